The molecule has 1 aliphatic rings. The van der Waals surface area contributed by atoms with Gasteiger partial charge in [0.25, 0.3) is 0 Å². The van der Waals surface area contributed by atoms with Gasteiger partial charge in [-0.05, 0) is 11.6 Å². The second-order valence-electron chi connectivity index (χ2n) is 5.14. The summed E-state index contributed by atoms with van der Waals surface area (Å²) in [6.07, 6.45) is 2.03. The van der Waals surface area contributed by atoms with Gasteiger partial charge < -0.3 is 4.74 Å². The number of fused-ring (bicyclic) bond motifs is 2. The largest absolute Gasteiger partial charge is 0.352 e. The third kappa shape index (κ3) is 2.39. The molecule has 23 heavy (non-hydrogen) atoms. The number of hydrogen-bond acceptors (Lipinski definition) is 6. The van der Waals surface area contributed by atoms with E-state index in [0.717, 1.165) is 0 Å². The Morgan fingerprint density at radius 3 is 2.91 bits per heavy atom. The SMILES string of the molecule is O=S1(=O)CC(n2cnc3ncnc(Cl)c32)OCc2ccccc21. The first-order chi connectivity index (χ1) is 11.1. The highest BCUT2D eigenvalue weighted by Gasteiger charge is 2.30. The van der Waals surface area contributed by atoms with E-state index < -0.39 is 16.1 Å². The number of nitrogens with zero attached hydrogens (tertiary/aromatic N) is 4. The van der Waals surface area contributed by atoms with Crippen LogP contribution in [-0.4, -0.2) is 33.7 Å². The van der Waals surface area contributed by atoms with E-state index in [9.17, 15) is 8.42 Å². The second-order valence-corrected chi connectivity index (χ2v) is 7.50. The Bertz CT molecular complexity index is 1000. The smallest absolute Gasteiger partial charge is 0.183 e. The molecule has 118 valence electrons. The number of aromatic nitrogens is 4. The standard InChI is InChI=1S/C14H11ClN4O3S/c15-13-12-14(17-7-16-13)18-8-19(12)11-6-23(20,21)10-4-2-1-3-9(10)5-22-11/h1-4,7-8,11H,5-6H2. The number of sulfone groups is 1. The summed E-state index contributed by atoms with van der Waals surface area (Å²) in [5.74, 6) is -0.208. The normalized spacial score (nSPS) is 20.1. The van der Waals surface area contributed by atoms with E-state index in [1.165, 1.54) is 12.7 Å². The Kier molecular flexibility index (Phi) is 3.33. The number of benzene rings is 1. The van der Waals surface area contributed by atoms with Crippen molar-refractivity contribution in [3.05, 3.63) is 47.6 Å². The number of imidazole rings is 1. The second kappa shape index (κ2) is 5.26. The summed E-state index contributed by atoms with van der Waals surface area (Å²) < 4.78 is 32.7. The number of halogens is 1. The molecule has 0 N–H and O–H groups in total. The summed E-state index contributed by atoms with van der Waals surface area (Å²) in [5, 5.41) is 0.204. The molecule has 0 amide bonds. The first-order valence-corrected chi connectivity index (χ1v) is 8.84. The Morgan fingerprint density at radius 1 is 1.22 bits per heavy atom. The van der Waals surface area contributed by atoms with Crippen molar-refractivity contribution in [3.8, 4) is 0 Å². The molecule has 3 heterocycles. The Labute approximate surface area is 136 Å². The highest BCUT2D eigenvalue weighted by atomic mass is 35.5. The Morgan fingerprint density at radius 2 is 2.04 bits per heavy atom. The van der Waals surface area contributed by atoms with Crippen molar-refractivity contribution in [2.75, 3.05) is 5.75 Å². The maximum absolute atomic E-state index is 12.6. The molecule has 3 aromatic rings. The summed E-state index contributed by atoms with van der Waals surface area (Å²) in [6.45, 7) is 0.186. The zero-order valence-electron chi connectivity index (χ0n) is 11.8. The third-order valence-corrected chi connectivity index (χ3v) is 5.80. The van der Waals surface area contributed by atoms with Crippen LogP contribution in [0.3, 0.4) is 0 Å². The Balaban J connectivity index is 1.83. The number of rotatable bonds is 1. The number of ether oxygens (including phenoxy) is 1. The molecule has 4 rings (SSSR count). The first kappa shape index (κ1) is 14.6. The summed E-state index contributed by atoms with van der Waals surface area (Å²) in [5.41, 5.74) is 1.50. The maximum atomic E-state index is 12.6. The highest BCUT2D eigenvalue weighted by Crippen LogP contribution is 2.30. The predicted octanol–water partition coefficient (Wildman–Crippen LogP) is 1.98. The molecule has 1 atom stereocenters. The average molecular weight is 351 g/mol. The van der Waals surface area contributed by atoms with Gasteiger partial charge in [-0.3, -0.25) is 4.57 Å². The van der Waals surface area contributed by atoms with Crippen molar-refractivity contribution in [3.63, 3.8) is 0 Å². The van der Waals surface area contributed by atoms with Crippen LogP contribution < -0.4 is 0 Å². The fourth-order valence-electron chi connectivity index (χ4n) is 2.66. The summed E-state index contributed by atoms with van der Waals surface area (Å²) in [4.78, 5) is 12.4. The molecule has 0 aliphatic carbocycles. The monoisotopic (exact) mass is 350 g/mol. The lowest BCUT2D eigenvalue weighted by atomic mass is 10.2. The van der Waals surface area contributed by atoms with Crippen molar-refractivity contribution in [1.82, 2.24) is 19.5 Å². The molecule has 0 fully saturated rings. The molecule has 1 aromatic carbocycles. The van der Waals surface area contributed by atoms with Gasteiger partial charge in [0.2, 0.25) is 0 Å². The van der Waals surface area contributed by atoms with Gasteiger partial charge in [0, 0.05) is 0 Å². The quantitative estimate of drug-likeness (QED) is 0.624. The van der Waals surface area contributed by atoms with Crippen molar-refractivity contribution in [2.24, 2.45) is 0 Å². The van der Waals surface area contributed by atoms with Crippen molar-refractivity contribution in [2.45, 2.75) is 17.7 Å². The van der Waals surface area contributed by atoms with Crippen LogP contribution in [0.1, 0.15) is 11.8 Å². The van der Waals surface area contributed by atoms with Gasteiger partial charge in [-0.25, -0.2) is 23.4 Å². The van der Waals surface area contributed by atoms with E-state index in [4.69, 9.17) is 16.3 Å². The average Bonchev–Trinajstić information content (AvgIpc) is 2.91. The van der Waals surface area contributed by atoms with Gasteiger partial charge in [0.1, 0.15) is 23.8 Å². The maximum Gasteiger partial charge on any atom is 0.183 e. The highest BCUT2D eigenvalue weighted by molar-refractivity contribution is 7.91. The zero-order valence-corrected chi connectivity index (χ0v) is 13.3. The minimum Gasteiger partial charge on any atom is -0.352 e. The van der Waals surface area contributed by atoms with Crippen LogP contribution in [0.2, 0.25) is 5.15 Å². The lowest BCUT2D eigenvalue weighted by molar-refractivity contribution is 0.0104. The third-order valence-electron chi connectivity index (χ3n) is 3.73. The van der Waals surface area contributed by atoms with Crippen molar-refractivity contribution < 1.29 is 13.2 Å². The summed E-state index contributed by atoms with van der Waals surface area (Å²) in [6, 6.07) is 6.83. The zero-order chi connectivity index (χ0) is 16.0. The van der Waals surface area contributed by atoms with Crippen molar-refractivity contribution >= 4 is 32.6 Å². The van der Waals surface area contributed by atoms with Crippen LogP contribution in [0.4, 0.5) is 0 Å². The topological polar surface area (TPSA) is 87.0 Å². The molecule has 2 aromatic heterocycles. The van der Waals surface area contributed by atoms with E-state index >= 15 is 0 Å². The van der Waals surface area contributed by atoms with E-state index in [1.807, 2.05) is 0 Å². The Hall–Kier alpha value is -2.03. The van der Waals surface area contributed by atoms with Crippen LogP contribution in [0.15, 0.2) is 41.8 Å². The molecule has 7 nitrogen and oxygen atoms in total. The molecular weight excluding hydrogens is 340 g/mol. The van der Waals surface area contributed by atoms with Crippen LogP contribution in [0.5, 0.6) is 0 Å². The molecule has 1 aliphatic heterocycles. The molecular formula is C14H11ClN4O3S. The van der Waals surface area contributed by atoms with E-state index in [-0.39, 0.29) is 17.5 Å². The van der Waals surface area contributed by atoms with Gasteiger partial charge in [0.15, 0.2) is 20.6 Å². The van der Waals surface area contributed by atoms with Gasteiger partial charge in [-0.2, -0.15) is 0 Å². The molecule has 0 bridgehead atoms. The summed E-state index contributed by atoms with van der Waals surface area (Å²) >= 11 is 6.11. The molecule has 0 radical (unpaired) electrons. The van der Waals surface area contributed by atoms with Gasteiger partial charge in [0.05, 0.1) is 17.8 Å². The van der Waals surface area contributed by atoms with Gasteiger partial charge in [-0.1, -0.05) is 29.8 Å². The minimum atomic E-state index is -3.49. The minimum absolute atomic E-state index is 0.186. The molecule has 1 unspecified atom stereocenters. The lowest BCUT2D eigenvalue weighted by Gasteiger charge is -2.17. The van der Waals surface area contributed by atoms with E-state index in [0.29, 0.717) is 21.6 Å². The van der Waals surface area contributed by atoms with Crippen LogP contribution in [0, 0.1) is 0 Å². The van der Waals surface area contributed by atoms with E-state index in [2.05, 4.69) is 15.0 Å². The molecule has 0 saturated heterocycles. The number of hydrogen-bond donors (Lipinski definition) is 0. The first-order valence-electron chi connectivity index (χ1n) is 6.81. The molecule has 0 saturated carbocycles. The lowest BCUT2D eigenvalue weighted by Crippen LogP contribution is -2.20. The predicted molar refractivity (Wildman–Crippen MR) is 82.7 cm³/mol. The fraction of sp³-hybridized carbons (Fsp3) is 0.214. The van der Waals surface area contributed by atoms with E-state index in [1.54, 1.807) is 28.8 Å². The van der Waals surface area contributed by atoms with Crippen LogP contribution >= 0.6 is 11.6 Å². The van der Waals surface area contributed by atoms with Crippen LogP contribution in [0.25, 0.3) is 11.2 Å². The summed E-state index contributed by atoms with van der Waals surface area (Å²) in [7, 11) is -3.49. The van der Waals surface area contributed by atoms with Crippen LogP contribution in [-0.2, 0) is 21.2 Å². The van der Waals surface area contributed by atoms with Crippen molar-refractivity contribution in [1.29, 1.82) is 0 Å². The van der Waals surface area contributed by atoms with Gasteiger partial charge >= 0.3 is 0 Å². The van der Waals surface area contributed by atoms with Gasteiger partial charge in [-0.15, -0.1) is 0 Å². The fourth-order valence-corrected chi connectivity index (χ4v) is 4.51. The molecule has 0 spiro atoms. The molecule has 9 heteroatoms.